The van der Waals surface area contributed by atoms with Gasteiger partial charge in [-0.25, -0.2) is 0 Å². The van der Waals surface area contributed by atoms with Crippen molar-refractivity contribution in [3.63, 3.8) is 0 Å². The minimum absolute atomic E-state index is 1.03. The lowest BCUT2D eigenvalue weighted by atomic mass is 10.1. The molecule has 0 spiro atoms. The average Bonchev–Trinajstić information content (AvgIpc) is 2.30. The van der Waals surface area contributed by atoms with Crippen LogP contribution in [0.3, 0.4) is 0 Å². The summed E-state index contributed by atoms with van der Waals surface area (Å²) < 4.78 is 0. The average molecular weight is 209 g/mol. The van der Waals surface area contributed by atoms with E-state index in [1.807, 2.05) is 4.90 Å². The number of hydrogen-bond acceptors (Lipinski definition) is 3. The molecule has 0 aromatic heterocycles. The lowest BCUT2D eigenvalue weighted by molar-refractivity contribution is 0.136. The van der Waals surface area contributed by atoms with Crippen LogP contribution < -0.4 is 0 Å². The highest BCUT2D eigenvalue weighted by atomic mass is 15.3. The van der Waals surface area contributed by atoms with Crippen molar-refractivity contribution in [1.82, 2.24) is 14.7 Å². The van der Waals surface area contributed by atoms with E-state index >= 15 is 0 Å². The molecule has 0 aromatic carbocycles. The van der Waals surface area contributed by atoms with Gasteiger partial charge in [0.1, 0.15) is 0 Å². The highest BCUT2D eigenvalue weighted by molar-refractivity contribution is 4.73. The van der Waals surface area contributed by atoms with Crippen molar-refractivity contribution < 1.29 is 0 Å². The molecule has 15 heavy (non-hydrogen) atoms. The molecule has 0 amide bonds. The molecule has 0 aromatic rings. The SMILES string of the molecule is [CH]N1CCN(CCN2CCCCC2)CC1. The van der Waals surface area contributed by atoms with Crippen LogP contribution in [0.1, 0.15) is 19.3 Å². The van der Waals surface area contributed by atoms with Crippen molar-refractivity contribution in [2.24, 2.45) is 0 Å². The second kappa shape index (κ2) is 5.83. The fourth-order valence-electron chi connectivity index (χ4n) is 2.45. The van der Waals surface area contributed by atoms with Gasteiger partial charge in [-0.3, -0.25) is 9.80 Å². The first-order valence-corrected chi connectivity index (χ1v) is 6.29. The number of likely N-dealkylation sites (tertiary alicyclic amines) is 1. The van der Waals surface area contributed by atoms with Crippen LogP contribution in [0.5, 0.6) is 0 Å². The summed E-state index contributed by atoms with van der Waals surface area (Å²) in [5.41, 5.74) is 0. The molecule has 2 radical (unpaired) electrons. The first kappa shape index (κ1) is 11.4. The van der Waals surface area contributed by atoms with Crippen molar-refractivity contribution >= 4 is 0 Å². The molecule has 2 aliphatic heterocycles. The molecule has 2 heterocycles. The van der Waals surface area contributed by atoms with Gasteiger partial charge in [-0.2, -0.15) is 0 Å². The maximum atomic E-state index is 5.73. The minimum atomic E-state index is 1.03. The summed E-state index contributed by atoms with van der Waals surface area (Å²) in [5.74, 6) is 0. The van der Waals surface area contributed by atoms with Crippen LogP contribution >= 0.6 is 0 Å². The molecule has 0 aliphatic carbocycles. The molecular formula is C12H23N3. The maximum Gasteiger partial charge on any atom is 0.0439 e. The van der Waals surface area contributed by atoms with E-state index in [4.69, 9.17) is 7.05 Å². The standard InChI is InChI=1S/C12H23N3/c1-13-7-9-15(10-8-13)12-11-14-5-3-2-4-6-14/h1H,2-12H2. The number of nitrogens with zero attached hydrogens (tertiary/aromatic N) is 3. The molecule has 2 rings (SSSR count). The zero-order valence-electron chi connectivity index (χ0n) is 9.70. The van der Waals surface area contributed by atoms with E-state index < -0.39 is 0 Å². The van der Waals surface area contributed by atoms with Gasteiger partial charge in [-0.15, -0.1) is 0 Å². The third kappa shape index (κ3) is 3.74. The van der Waals surface area contributed by atoms with Crippen LogP contribution in [0.25, 0.3) is 0 Å². The van der Waals surface area contributed by atoms with Gasteiger partial charge < -0.3 is 4.90 Å². The van der Waals surface area contributed by atoms with Gasteiger partial charge in [-0.05, 0) is 25.9 Å². The monoisotopic (exact) mass is 209 g/mol. The fraction of sp³-hybridized carbons (Fsp3) is 0.917. The number of rotatable bonds is 3. The Morgan fingerprint density at radius 1 is 0.667 bits per heavy atom. The summed E-state index contributed by atoms with van der Waals surface area (Å²) in [6.45, 7) is 9.46. The van der Waals surface area contributed by atoms with Crippen molar-refractivity contribution in [1.29, 1.82) is 0 Å². The maximum absolute atomic E-state index is 5.73. The second-order valence-electron chi connectivity index (χ2n) is 4.78. The molecule has 0 saturated carbocycles. The number of piperidine rings is 1. The lowest BCUT2D eigenvalue weighted by Crippen LogP contribution is -2.46. The normalized spacial score (nSPS) is 27.0. The first-order chi connectivity index (χ1) is 7.34. The molecule has 0 bridgehead atoms. The Bertz CT molecular complexity index is 170. The Labute approximate surface area is 94.0 Å². The van der Waals surface area contributed by atoms with E-state index in [0.29, 0.717) is 0 Å². The van der Waals surface area contributed by atoms with Crippen LogP contribution in [0, 0.1) is 7.05 Å². The predicted octanol–water partition coefficient (Wildman–Crippen LogP) is 0.758. The highest BCUT2D eigenvalue weighted by Crippen LogP contribution is 2.08. The van der Waals surface area contributed by atoms with Crippen LogP contribution in [-0.2, 0) is 0 Å². The van der Waals surface area contributed by atoms with Crippen molar-refractivity contribution in [2.75, 3.05) is 52.4 Å². The van der Waals surface area contributed by atoms with E-state index in [0.717, 1.165) is 26.2 Å². The number of piperazine rings is 1. The van der Waals surface area contributed by atoms with Gasteiger partial charge in [0.05, 0.1) is 0 Å². The summed E-state index contributed by atoms with van der Waals surface area (Å²) in [5, 5.41) is 0. The van der Waals surface area contributed by atoms with Gasteiger partial charge in [-0.1, -0.05) is 6.42 Å². The van der Waals surface area contributed by atoms with Gasteiger partial charge in [0.2, 0.25) is 0 Å². The third-order valence-corrected chi connectivity index (χ3v) is 3.59. The van der Waals surface area contributed by atoms with E-state index in [1.165, 1.54) is 45.4 Å². The summed E-state index contributed by atoms with van der Waals surface area (Å²) in [7, 11) is 5.73. The molecule has 0 unspecified atom stereocenters. The Hall–Kier alpha value is -0.120. The topological polar surface area (TPSA) is 9.72 Å². The second-order valence-corrected chi connectivity index (χ2v) is 4.78. The van der Waals surface area contributed by atoms with Crippen LogP contribution in [0.15, 0.2) is 0 Å². The van der Waals surface area contributed by atoms with Crippen LogP contribution in [0.2, 0.25) is 0 Å². The smallest absolute Gasteiger partial charge is 0.0439 e. The van der Waals surface area contributed by atoms with E-state index in [9.17, 15) is 0 Å². The molecule has 86 valence electrons. The van der Waals surface area contributed by atoms with Gasteiger partial charge >= 0.3 is 0 Å². The summed E-state index contributed by atoms with van der Waals surface area (Å²) in [4.78, 5) is 7.08. The third-order valence-electron chi connectivity index (χ3n) is 3.59. The zero-order chi connectivity index (χ0) is 10.5. The molecular weight excluding hydrogens is 186 g/mol. The van der Waals surface area contributed by atoms with Crippen LogP contribution in [0.4, 0.5) is 0 Å². The molecule has 2 aliphatic rings. The molecule has 2 saturated heterocycles. The van der Waals surface area contributed by atoms with Crippen molar-refractivity contribution in [3.05, 3.63) is 7.05 Å². The molecule has 3 heteroatoms. The van der Waals surface area contributed by atoms with Gasteiger partial charge in [0.15, 0.2) is 0 Å². The Kier molecular flexibility index (Phi) is 4.42. The first-order valence-electron chi connectivity index (χ1n) is 6.29. The molecule has 0 atom stereocenters. The minimum Gasteiger partial charge on any atom is -0.302 e. The predicted molar refractivity (Wildman–Crippen MR) is 62.6 cm³/mol. The summed E-state index contributed by atoms with van der Waals surface area (Å²) in [6, 6.07) is 0. The Balaban J connectivity index is 1.60. The molecule has 0 N–H and O–H groups in total. The highest BCUT2D eigenvalue weighted by Gasteiger charge is 2.15. The van der Waals surface area contributed by atoms with Gasteiger partial charge in [0, 0.05) is 46.3 Å². The van der Waals surface area contributed by atoms with E-state index in [2.05, 4.69) is 9.80 Å². The van der Waals surface area contributed by atoms with E-state index in [1.54, 1.807) is 0 Å². The van der Waals surface area contributed by atoms with E-state index in [-0.39, 0.29) is 0 Å². The largest absolute Gasteiger partial charge is 0.302 e. The fourth-order valence-corrected chi connectivity index (χ4v) is 2.45. The van der Waals surface area contributed by atoms with Crippen molar-refractivity contribution in [3.8, 4) is 0 Å². The van der Waals surface area contributed by atoms with Crippen molar-refractivity contribution in [2.45, 2.75) is 19.3 Å². The lowest BCUT2D eigenvalue weighted by Gasteiger charge is -2.34. The summed E-state index contributed by atoms with van der Waals surface area (Å²) >= 11 is 0. The quantitative estimate of drug-likeness (QED) is 0.679. The number of hydrogen-bond donors (Lipinski definition) is 0. The Morgan fingerprint density at radius 2 is 1.20 bits per heavy atom. The molecule has 3 nitrogen and oxygen atoms in total. The zero-order valence-corrected chi connectivity index (χ0v) is 9.70. The van der Waals surface area contributed by atoms with Gasteiger partial charge in [0.25, 0.3) is 0 Å². The summed E-state index contributed by atoms with van der Waals surface area (Å²) in [6.07, 6.45) is 4.23. The molecule has 2 fully saturated rings. The Morgan fingerprint density at radius 3 is 1.80 bits per heavy atom. The van der Waals surface area contributed by atoms with Crippen LogP contribution in [-0.4, -0.2) is 67.1 Å².